The highest BCUT2D eigenvalue weighted by Gasteiger charge is 2.01. The molecule has 0 saturated heterocycles. The number of carbonyl (C=O) groups excluding carboxylic acids is 1. The second kappa shape index (κ2) is 8.19. The lowest BCUT2D eigenvalue weighted by molar-refractivity contribution is -0.119. The van der Waals surface area contributed by atoms with Crippen molar-refractivity contribution in [2.45, 2.75) is 0 Å². The van der Waals surface area contributed by atoms with Gasteiger partial charge in [0, 0.05) is 5.69 Å². The van der Waals surface area contributed by atoms with E-state index >= 15 is 0 Å². The fraction of sp³-hybridized carbons (Fsp3) is 0.125. The lowest BCUT2D eigenvalue weighted by Gasteiger charge is -2.05. The summed E-state index contributed by atoms with van der Waals surface area (Å²) in [6.45, 7) is 0.160. The van der Waals surface area contributed by atoms with Gasteiger partial charge in [0.25, 0.3) is 5.91 Å². The number of rotatable bonds is 6. The SMILES string of the molecule is COc1ccc(/C=N\NC(=O)CNc2ccccc2)cc1Br. The topological polar surface area (TPSA) is 62.7 Å². The molecule has 114 valence electrons. The van der Waals surface area contributed by atoms with Gasteiger partial charge in [-0.05, 0) is 51.8 Å². The van der Waals surface area contributed by atoms with Crippen molar-refractivity contribution in [3.63, 3.8) is 0 Å². The first kappa shape index (κ1) is 16.0. The molecule has 0 unspecified atom stereocenters. The number of nitrogens with zero attached hydrogens (tertiary/aromatic N) is 1. The van der Waals surface area contributed by atoms with Crippen LogP contribution in [-0.2, 0) is 4.79 Å². The molecule has 2 N–H and O–H groups in total. The van der Waals surface area contributed by atoms with Crippen LogP contribution in [0.1, 0.15) is 5.56 Å². The van der Waals surface area contributed by atoms with Crippen molar-refractivity contribution >= 4 is 33.7 Å². The molecule has 0 aliphatic carbocycles. The van der Waals surface area contributed by atoms with E-state index in [0.29, 0.717) is 0 Å². The van der Waals surface area contributed by atoms with E-state index < -0.39 is 0 Å². The normalized spacial score (nSPS) is 10.5. The summed E-state index contributed by atoms with van der Waals surface area (Å²) in [5.41, 5.74) is 4.21. The summed E-state index contributed by atoms with van der Waals surface area (Å²) < 4.78 is 5.98. The molecule has 2 aromatic rings. The first-order valence-electron chi connectivity index (χ1n) is 6.63. The van der Waals surface area contributed by atoms with Gasteiger partial charge in [0.1, 0.15) is 5.75 Å². The average Bonchev–Trinajstić information content (AvgIpc) is 2.54. The number of halogens is 1. The molecule has 0 saturated carbocycles. The van der Waals surface area contributed by atoms with Crippen LogP contribution in [-0.4, -0.2) is 25.8 Å². The van der Waals surface area contributed by atoms with Crippen molar-refractivity contribution in [3.8, 4) is 5.75 Å². The first-order chi connectivity index (χ1) is 10.7. The second-order valence-corrected chi connectivity index (χ2v) is 5.26. The maximum absolute atomic E-state index is 11.7. The molecule has 5 nitrogen and oxygen atoms in total. The Morgan fingerprint density at radius 2 is 2.05 bits per heavy atom. The molecule has 2 rings (SSSR count). The van der Waals surface area contributed by atoms with E-state index in [2.05, 4.69) is 31.8 Å². The van der Waals surface area contributed by atoms with E-state index in [1.165, 1.54) is 0 Å². The lowest BCUT2D eigenvalue weighted by atomic mass is 10.2. The van der Waals surface area contributed by atoms with Crippen LogP contribution in [0, 0.1) is 0 Å². The minimum atomic E-state index is -0.215. The summed E-state index contributed by atoms with van der Waals surface area (Å²) in [5, 5.41) is 6.93. The fourth-order valence-electron chi connectivity index (χ4n) is 1.72. The Kier molecular flexibility index (Phi) is 5.97. The number of benzene rings is 2. The third-order valence-corrected chi connectivity index (χ3v) is 3.43. The third kappa shape index (κ3) is 4.89. The molecule has 0 spiro atoms. The van der Waals surface area contributed by atoms with Gasteiger partial charge in [0.15, 0.2) is 0 Å². The van der Waals surface area contributed by atoms with Crippen LogP contribution in [0.4, 0.5) is 5.69 Å². The van der Waals surface area contributed by atoms with Crippen molar-refractivity contribution < 1.29 is 9.53 Å². The maximum atomic E-state index is 11.7. The average molecular weight is 362 g/mol. The van der Waals surface area contributed by atoms with Crippen LogP contribution in [0.25, 0.3) is 0 Å². The lowest BCUT2D eigenvalue weighted by Crippen LogP contribution is -2.25. The van der Waals surface area contributed by atoms with Gasteiger partial charge in [0.05, 0.1) is 24.3 Å². The molecule has 0 aliphatic rings. The zero-order chi connectivity index (χ0) is 15.8. The highest BCUT2D eigenvalue weighted by atomic mass is 79.9. The van der Waals surface area contributed by atoms with Crippen molar-refractivity contribution in [2.75, 3.05) is 19.0 Å². The zero-order valence-corrected chi connectivity index (χ0v) is 13.6. The standard InChI is InChI=1S/C16H16BrN3O2/c1-22-15-8-7-12(9-14(15)17)10-19-20-16(21)11-18-13-5-3-2-4-6-13/h2-10,18H,11H2,1H3,(H,20,21)/b19-10-. The third-order valence-electron chi connectivity index (χ3n) is 2.81. The van der Waals surface area contributed by atoms with Crippen LogP contribution in [0.2, 0.25) is 0 Å². The summed E-state index contributed by atoms with van der Waals surface area (Å²) in [4.78, 5) is 11.7. The zero-order valence-electron chi connectivity index (χ0n) is 12.0. The van der Waals surface area contributed by atoms with Gasteiger partial charge in [-0.15, -0.1) is 0 Å². The van der Waals surface area contributed by atoms with Gasteiger partial charge in [-0.1, -0.05) is 18.2 Å². The van der Waals surface area contributed by atoms with Crippen LogP contribution >= 0.6 is 15.9 Å². The second-order valence-electron chi connectivity index (χ2n) is 4.41. The molecule has 0 aromatic heterocycles. The molecular weight excluding hydrogens is 346 g/mol. The van der Waals surface area contributed by atoms with Gasteiger partial charge >= 0.3 is 0 Å². The largest absolute Gasteiger partial charge is 0.496 e. The predicted octanol–water partition coefficient (Wildman–Crippen LogP) is 3.02. The molecule has 22 heavy (non-hydrogen) atoms. The number of carbonyl (C=O) groups is 1. The summed E-state index contributed by atoms with van der Waals surface area (Å²) in [7, 11) is 1.60. The molecule has 1 amide bonds. The fourth-order valence-corrected chi connectivity index (χ4v) is 2.28. The number of para-hydroxylation sites is 1. The molecule has 0 radical (unpaired) electrons. The molecule has 0 atom stereocenters. The van der Waals surface area contributed by atoms with Crippen LogP contribution in [0.5, 0.6) is 5.75 Å². The Hall–Kier alpha value is -2.34. The smallest absolute Gasteiger partial charge is 0.259 e. The van der Waals surface area contributed by atoms with Crippen molar-refractivity contribution in [1.82, 2.24) is 5.43 Å². The molecular formula is C16H16BrN3O2. The van der Waals surface area contributed by atoms with E-state index in [-0.39, 0.29) is 12.5 Å². The van der Waals surface area contributed by atoms with Crippen molar-refractivity contribution in [2.24, 2.45) is 5.10 Å². The minimum Gasteiger partial charge on any atom is -0.496 e. The Labute approximate surface area is 137 Å². The van der Waals surface area contributed by atoms with E-state index in [9.17, 15) is 4.79 Å². The van der Waals surface area contributed by atoms with Gasteiger partial charge in [-0.25, -0.2) is 5.43 Å². The first-order valence-corrected chi connectivity index (χ1v) is 7.42. The van der Waals surface area contributed by atoms with Crippen molar-refractivity contribution in [3.05, 3.63) is 58.6 Å². The number of hydrazone groups is 1. The monoisotopic (exact) mass is 361 g/mol. The minimum absolute atomic E-state index is 0.160. The van der Waals surface area contributed by atoms with Crippen LogP contribution < -0.4 is 15.5 Å². The number of anilines is 1. The number of hydrogen-bond donors (Lipinski definition) is 2. The number of methoxy groups -OCH3 is 1. The summed E-state index contributed by atoms with van der Waals surface area (Å²) in [5.74, 6) is 0.529. The Bertz CT molecular complexity index is 660. The van der Waals surface area contributed by atoms with Crippen molar-refractivity contribution in [1.29, 1.82) is 0 Å². The molecule has 0 bridgehead atoms. The number of nitrogens with one attached hydrogen (secondary N) is 2. The van der Waals surface area contributed by atoms with E-state index in [1.807, 2.05) is 48.5 Å². The molecule has 0 heterocycles. The molecule has 0 fully saturated rings. The summed E-state index contributed by atoms with van der Waals surface area (Å²) in [6, 6.07) is 15.0. The van der Waals surface area contributed by atoms with E-state index in [4.69, 9.17) is 4.74 Å². The molecule has 0 aliphatic heterocycles. The van der Waals surface area contributed by atoms with Crippen LogP contribution in [0.3, 0.4) is 0 Å². The number of amides is 1. The Morgan fingerprint density at radius 3 is 2.73 bits per heavy atom. The van der Waals surface area contributed by atoms with Gasteiger partial charge in [-0.3, -0.25) is 4.79 Å². The van der Waals surface area contributed by atoms with Gasteiger partial charge in [0.2, 0.25) is 0 Å². The predicted molar refractivity (Wildman–Crippen MR) is 91.4 cm³/mol. The van der Waals surface area contributed by atoms with Gasteiger partial charge < -0.3 is 10.1 Å². The Morgan fingerprint density at radius 1 is 1.27 bits per heavy atom. The number of hydrogen-bond acceptors (Lipinski definition) is 4. The van der Waals surface area contributed by atoms with E-state index in [1.54, 1.807) is 13.3 Å². The molecule has 2 aromatic carbocycles. The highest BCUT2D eigenvalue weighted by Crippen LogP contribution is 2.24. The highest BCUT2D eigenvalue weighted by molar-refractivity contribution is 9.10. The summed E-state index contributed by atoms with van der Waals surface area (Å²) >= 11 is 3.39. The van der Waals surface area contributed by atoms with Gasteiger partial charge in [-0.2, -0.15) is 5.10 Å². The summed E-state index contributed by atoms with van der Waals surface area (Å²) in [6.07, 6.45) is 1.57. The maximum Gasteiger partial charge on any atom is 0.259 e. The van der Waals surface area contributed by atoms with Crippen LogP contribution in [0.15, 0.2) is 58.1 Å². The number of ether oxygens (including phenoxy) is 1. The van der Waals surface area contributed by atoms with E-state index in [0.717, 1.165) is 21.5 Å². The molecule has 6 heteroatoms. The quantitative estimate of drug-likeness (QED) is 0.613. The Balaban J connectivity index is 1.81.